The summed E-state index contributed by atoms with van der Waals surface area (Å²) in [5.74, 6) is -1.64. The van der Waals surface area contributed by atoms with Gasteiger partial charge in [-0.25, -0.2) is 0 Å². The number of carbonyl (C=O) groups excluding carboxylic acids is 1. The van der Waals surface area contributed by atoms with Crippen molar-refractivity contribution in [2.75, 3.05) is 0 Å². The maximum atomic E-state index is 10.1. The number of aliphatic carboxylic acids is 1. The first kappa shape index (κ1) is 14.1. The maximum Gasteiger partial charge on any atom is 1.00 e. The number of carboxylic acid groups (broad SMARTS) is 1. The molecule has 1 amide bonds. The molecule has 0 radical (unpaired) electrons. The normalized spacial score (nSPS) is 11.4. The molecule has 0 rings (SSSR count). The molecule has 11 heavy (non-hydrogen) atoms. The zero-order valence-electron chi connectivity index (χ0n) is 7.41. The van der Waals surface area contributed by atoms with Gasteiger partial charge in [0, 0.05) is 6.42 Å². The van der Waals surface area contributed by atoms with Crippen molar-refractivity contribution in [2.24, 2.45) is 11.5 Å². The third-order valence-corrected chi connectivity index (χ3v) is 1.02. The quantitative estimate of drug-likeness (QED) is 0.387. The second-order valence-corrected chi connectivity index (χ2v) is 1.95. The van der Waals surface area contributed by atoms with Crippen LogP contribution >= 0.6 is 0 Å². The molecule has 0 unspecified atom stereocenters. The van der Waals surface area contributed by atoms with Crippen molar-refractivity contribution < 1.29 is 67.5 Å². The van der Waals surface area contributed by atoms with Crippen LogP contribution in [0.25, 0.3) is 0 Å². The first-order chi connectivity index (χ1) is 4.54. The Labute approximate surface area is 108 Å². The second kappa shape index (κ2) is 7.20. The average Bonchev–Trinajstić information content (AvgIpc) is 1.82. The number of hydrogen-bond donors (Lipinski definition) is 3. The van der Waals surface area contributed by atoms with Crippen LogP contribution < -0.4 is 62.9 Å². The minimum Gasteiger partial charge on any atom is -1.00 e. The number of rotatable bonds is 4. The zero-order valence-corrected chi connectivity index (χ0v) is 9.53. The largest absolute Gasteiger partial charge is 1.00 e. The van der Waals surface area contributed by atoms with E-state index in [1.54, 1.807) is 0 Å². The van der Waals surface area contributed by atoms with E-state index < -0.39 is 17.9 Å². The standard InChI is InChI=1S/C5H10N2O3.K.H/c6-3(5(9)10)1-2-4(7)8;;/h3H,1-2,6H2,(H2,7,8)(H,9,10);;/q;+1;-1/t3-;;/m0../s1. The van der Waals surface area contributed by atoms with Gasteiger partial charge in [0.2, 0.25) is 5.91 Å². The Morgan fingerprint density at radius 3 is 2.27 bits per heavy atom. The molecule has 0 saturated carbocycles. The van der Waals surface area contributed by atoms with Gasteiger partial charge < -0.3 is 18.0 Å². The van der Waals surface area contributed by atoms with Gasteiger partial charge in [-0.15, -0.1) is 0 Å². The summed E-state index contributed by atoms with van der Waals surface area (Å²) < 4.78 is 0. The van der Waals surface area contributed by atoms with E-state index in [9.17, 15) is 9.59 Å². The van der Waals surface area contributed by atoms with Gasteiger partial charge in [-0.3, -0.25) is 9.59 Å². The number of amides is 1. The molecule has 0 fully saturated rings. The van der Waals surface area contributed by atoms with E-state index in [0.717, 1.165) is 0 Å². The molecule has 0 bridgehead atoms. The van der Waals surface area contributed by atoms with Crippen LogP contribution in [0.5, 0.6) is 0 Å². The van der Waals surface area contributed by atoms with Crippen molar-refractivity contribution in [1.29, 1.82) is 0 Å². The fraction of sp³-hybridized carbons (Fsp3) is 0.600. The van der Waals surface area contributed by atoms with Crippen molar-refractivity contribution in [2.45, 2.75) is 18.9 Å². The Hall–Kier alpha value is 0.536. The first-order valence-electron chi connectivity index (χ1n) is 2.80. The second-order valence-electron chi connectivity index (χ2n) is 1.95. The van der Waals surface area contributed by atoms with Crippen molar-refractivity contribution >= 4 is 11.9 Å². The zero-order chi connectivity index (χ0) is 8.15. The fourth-order valence-electron chi connectivity index (χ4n) is 0.421. The van der Waals surface area contributed by atoms with Crippen molar-refractivity contribution in [3.05, 3.63) is 0 Å². The molecule has 60 valence electrons. The molecular formula is C5H11KN2O3. The number of primary amides is 1. The molecule has 0 heterocycles. The fourth-order valence-corrected chi connectivity index (χ4v) is 0.421. The summed E-state index contributed by atoms with van der Waals surface area (Å²) in [6, 6.07) is -0.979. The van der Waals surface area contributed by atoms with Crippen LogP contribution in [0, 0.1) is 0 Å². The van der Waals surface area contributed by atoms with Gasteiger partial charge in [0.15, 0.2) is 0 Å². The average molecular weight is 186 g/mol. The molecule has 5 N–H and O–H groups in total. The monoisotopic (exact) mass is 186 g/mol. The van der Waals surface area contributed by atoms with Gasteiger partial charge in [-0.2, -0.15) is 0 Å². The van der Waals surface area contributed by atoms with E-state index in [0.29, 0.717) is 0 Å². The molecule has 0 aliphatic rings. The maximum absolute atomic E-state index is 10.1. The smallest absolute Gasteiger partial charge is 1.00 e. The molecule has 0 aromatic carbocycles. The van der Waals surface area contributed by atoms with E-state index in [1.165, 1.54) is 0 Å². The van der Waals surface area contributed by atoms with E-state index in [4.69, 9.17) is 16.6 Å². The third kappa shape index (κ3) is 8.44. The summed E-state index contributed by atoms with van der Waals surface area (Å²) in [6.07, 6.45) is 0.123. The van der Waals surface area contributed by atoms with Crippen LogP contribution in [0.3, 0.4) is 0 Å². The number of nitrogens with two attached hydrogens (primary N) is 2. The number of hydrogen-bond acceptors (Lipinski definition) is 3. The van der Waals surface area contributed by atoms with Gasteiger partial charge in [-0.1, -0.05) is 0 Å². The summed E-state index contributed by atoms with van der Waals surface area (Å²) in [7, 11) is 0. The molecule has 6 heteroatoms. The Balaban J connectivity index is -0.000000405. The molecule has 0 saturated heterocycles. The predicted octanol–water partition coefficient (Wildman–Crippen LogP) is -4.22. The number of carboxylic acids is 1. The predicted molar refractivity (Wildman–Crippen MR) is 35.2 cm³/mol. The van der Waals surface area contributed by atoms with Gasteiger partial charge >= 0.3 is 57.4 Å². The van der Waals surface area contributed by atoms with Gasteiger partial charge in [-0.05, 0) is 6.42 Å². The van der Waals surface area contributed by atoms with E-state index in [2.05, 4.69) is 0 Å². The number of carbonyl (C=O) groups is 2. The molecule has 5 nitrogen and oxygen atoms in total. The SMILES string of the molecule is NC(=O)CC[C@H](N)C(=O)O.[H-].[K+]. The van der Waals surface area contributed by atoms with Gasteiger partial charge in [0.25, 0.3) is 0 Å². The van der Waals surface area contributed by atoms with Crippen molar-refractivity contribution in [1.82, 2.24) is 0 Å². The van der Waals surface area contributed by atoms with Crippen LogP contribution in [0.1, 0.15) is 14.3 Å². The van der Waals surface area contributed by atoms with Crippen LogP contribution in [-0.4, -0.2) is 23.0 Å². The van der Waals surface area contributed by atoms with Crippen molar-refractivity contribution in [3.8, 4) is 0 Å². The molecule has 0 aliphatic carbocycles. The Morgan fingerprint density at radius 1 is 1.55 bits per heavy atom. The topological polar surface area (TPSA) is 106 Å². The molecular weight excluding hydrogens is 175 g/mol. The summed E-state index contributed by atoms with van der Waals surface area (Å²) in [5, 5.41) is 8.22. The van der Waals surface area contributed by atoms with E-state index >= 15 is 0 Å². The Kier molecular flexibility index (Phi) is 9.22. The Morgan fingerprint density at radius 2 is 2.00 bits per heavy atom. The van der Waals surface area contributed by atoms with Gasteiger partial charge in [0.1, 0.15) is 6.04 Å². The van der Waals surface area contributed by atoms with Crippen LogP contribution in [-0.2, 0) is 9.59 Å². The summed E-state index contributed by atoms with van der Waals surface area (Å²) in [6.45, 7) is 0. The summed E-state index contributed by atoms with van der Waals surface area (Å²) in [5.41, 5.74) is 9.81. The van der Waals surface area contributed by atoms with Crippen LogP contribution in [0.4, 0.5) is 0 Å². The van der Waals surface area contributed by atoms with Gasteiger partial charge in [0.05, 0.1) is 0 Å². The Bertz CT molecular complexity index is 156. The molecule has 1 atom stereocenters. The van der Waals surface area contributed by atoms with Crippen molar-refractivity contribution in [3.63, 3.8) is 0 Å². The summed E-state index contributed by atoms with van der Waals surface area (Å²) >= 11 is 0. The third-order valence-electron chi connectivity index (χ3n) is 1.02. The minimum atomic E-state index is -1.11. The van der Waals surface area contributed by atoms with E-state index in [1.807, 2.05) is 0 Å². The molecule has 0 spiro atoms. The minimum absolute atomic E-state index is 0. The summed E-state index contributed by atoms with van der Waals surface area (Å²) in [4.78, 5) is 20.1. The first-order valence-corrected chi connectivity index (χ1v) is 2.80. The van der Waals surface area contributed by atoms with Crippen LogP contribution in [0.2, 0.25) is 0 Å². The molecule has 0 aromatic rings. The molecule has 0 aliphatic heterocycles. The molecule has 0 aromatic heterocycles. The van der Waals surface area contributed by atoms with Crippen LogP contribution in [0.15, 0.2) is 0 Å². The van der Waals surface area contributed by atoms with E-state index in [-0.39, 0.29) is 65.7 Å².